The lowest BCUT2D eigenvalue weighted by Gasteiger charge is -2.32. The zero-order valence-corrected chi connectivity index (χ0v) is 9.07. The van der Waals surface area contributed by atoms with Gasteiger partial charge in [0.15, 0.2) is 0 Å². The first kappa shape index (κ1) is 11.4. The summed E-state index contributed by atoms with van der Waals surface area (Å²) in [6.45, 7) is 7.16. The number of hydrogen-bond donors (Lipinski definition) is 0. The lowest BCUT2D eigenvalue weighted by Crippen LogP contribution is -2.46. The van der Waals surface area contributed by atoms with Crippen LogP contribution in [0.15, 0.2) is 0 Å². The van der Waals surface area contributed by atoms with E-state index in [-0.39, 0.29) is 6.10 Å². The largest absolute Gasteiger partial charge is 0.374 e. The standard InChI is InChI=1S/C10H19N3O/c1-3-13(5-4-11)9-10-8-12(2)6-7-14-10/h10H,3,5-9H2,1-2H3. The van der Waals surface area contributed by atoms with Crippen LogP contribution in [0.2, 0.25) is 0 Å². The van der Waals surface area contributed by atoms with Crippen LogP contribution in [-0.4, -0.2) is 62.3 Å². The fraction of sp³-hybridized carbons (Fsp3) is 0.900. The number of nitrogens with zero attached hydrogens (tertiary/aromatic N) is 3. The van der Waals surface area contributed by atoms with E-state index in [4.69, 9.17) is 10.00 Å². The molecule has 1 heterocycles. The van der Waals surface area contributed by atoms with Gasteiger partial charge in [-0.2, -0.15) is 5.26 Å². The van der Waals surface area contributed by atoms with E-state index in [0.29, 0.717) is 6.54 Å². The highest BCUT2D eigenvalue weighted by Gasteiger charge is 2.19. The van der Waals surface area contributed by atoms with E-state index in [1.807, 2.05) is 0 Å². The molecule has 1 rings (SSSR count). The van der Waals surface area contributed by atoms with Crippen molar-refractivity contribution in [2.45, 2.75) is 13.0 Å². The lowest BCUT2D eigenvalue weighted by atomic mass is 10.2. The maximum atomic E-state index is 8.61. The topological polar surface area (TPSA) is 39.5 Å². The summed E-state index contributed by atoms with van der Waals surface area (Å²) in [5, 5.41) is 8.61. The minimum atomic E-state index is 0.266. The van der Waals surface area contributed by atoms with Gasteiger partial charge in [0, 0.05) is 19.6 Å². The molecule has 14 heavy (non-hydrogen) atoms. The van der Waals surface area contributed by atoms with Crippen molar-refractivity contribution in [1.82, 2.24) is 9.80 Å². The summed E-state index contributed by atoms with van der Waals surface area (Å²) in [7, 11) is 2.11. The number of morpholine rings is 1. The van der Waals surface area contributed by atoms with Crippen LogP contribution in [0, 0.1) is 11.3 Å². The number of ether oxygens (including phenoxy) is 1. The van der Waals surface area contributed by atoms with Crippen molar-refractivity contribution in [2.75, 3.05) is 46.4 Å². The van der Waals surface area contributed by atoms with Gasteiger partial charge in [0.1, 0.15) is 0 Å². The molecule has 0 spiro atoms. The molecule has 0 aromatic rings. The van der Waals surface area contributed by atoms with E-state index in [1.165, 1.54) is 0 Å². The van der Waals surface area contributed by atoms with Gasteiger partial charge < -0.3 is 9.64 Å². The molecule has 0 aromatic heterocycles. The van der Waals surface area contributed by atoms with Crippen LogP contribution >= 0.6 is 0 Å². The second-order valence-corrected chi connectivity index (χ2v) is 3.74. The van der Waals surface area contributed by atoms with Gasteiger partial charge in [0.25, 0.3) is 0 Å². The van der Waals surface area contributed by atoms with Crippen molar-refractivity contribution in [3.05, 3.63) is 0 Å². The third-order valence-electron chi connectivity index (χ3n) is 2.55. The molecule has 1 fully saturated rings. The predicted molar refractivity (Wildman–Crippen MR) is 55.0 cm³/mol. The van der Waals surface area contributed by atoms with Gasteiger partial charge in [-0.3, -0.25) is 4.90 Å². The molecule has 1 unspecified atom stereocenters. The fourth-order valence-corrected chi connectivity index (χ4v) is 1.67. The molecule has 0 bridgehead atoms. The van der Waals surface area contributed by atoms with Gasteiger partial charge in [-0.15, -0.1) is 0 Å². The van der Waals surface area contributed by atoms with Crippen LogP contribution in [0.3, 0.4) is 0 Å². The molecule has 4 nitrogen and oxygen atoms in total. The van der Waals surface area contributed by atoms with E-state index in [9.17, 15) is 0 Å². The third-order valence-corrected chi connectivity index (χ3v) is 2.55. The van der Waals surface area contributed by atoms with Crippen LogP contribution < -0.4 is 0 Å². The molecule has 80 valence electrons. The zero-order valence-electron chi connectivity index (χ0n) is 9.07. The molecule has 1 saturated heterocycles. The SMILES string of the molecule is CCN(CC#N)CC1CN(C)CCO1. The molecule has 0 aliphatic carbocycles. The summed E-state index contributed by atoms with van der Waals surface area (Å²) >= 11 is 0. The maximum Gasteiger partial charge on any atom is 0.0866 e. The van der Waals surface area contributed by atoms with Crippen LogP contribution in [0.25, 0.3) is 0 Å². The minimum absolute atomic E-state index is 0.266. The number of rotatable bonds is 4. The Morgan fingerprint density at radius 3 is 3.00 bits per heavy atom. The highest BCUT2D eigenvalue weighted by Crippen LogP contribution is 2.04. The number of nitriles is 1. The smallest absolute Gasteiger partial charge is 0.0866 e. The zero-order chi connectivity index (χ0) is 10.4. The molecular formula is C10H19N3O. The monoisotopic (exact) mass is 197 g/mol. The highest BCUT2D eigenvalue weighted by atomic mass is 16.5. The van der Waals surface area contributed by atoms with Crippen molar-refractivity contribution < 1.29 is 4.74 Å². The third kappa shape index (κ3) is 3.62. The molecule has 0 amide bonds. The molecule has 0 radical (unpaired) electrons. The highest BCUT2D eigenvalue weighted by molar-refractivity contribution is 4.79. The summed E-state index contributed by atoms with van der Waals surface area (Å²) in [4.78, 5) is 4.39. The molecule has 1 aliphatic heterocycles. The van der Waals surface area contributed by atoms with Crippen molar-refractivity contribution >= 4 is 0 Å². The Labute approximate surface area is 86.0 Å². The van der Waals surface area contributed by atoms with Crippen LogP contribution in [0.5, 0.6) is 0 Å². The van der Waals surface area contributed by atoms with Crippen molar-refractivity contribution in [2.24, 2.45) is 0 Å². The summed E-state index contributed by atoms with van der Waals surface area (Å²) in [6.07, 6.45) is 0.266. The van der Waals surface area contributed by atoms with E-state index < -0.39 is 0 Å². The van der Waals surface area contributed by atoms with Gasteiger partial charge in [0.05, 0.1) is 25.3 Å². The van der Waals surface area contributed by atoms with Crippen molar-refractivity contribution in [3.63, 3.8) is 0 Å². The molecule has 0 N–H and O–H groups in total. The van der Waals surface area contributed by atoms with E-state index in [1.54, 1.807) is 0 Å². The van der Waals surface area contributed by atoms with Crippen LogP contribution in [-0.2, 0) is 4.74 Å². The first-order chi connectivity index (χ1) is 6.76. The van der Waals surface area contributed by atoms with Crippen molar-refractivity contribution in [1.29, 1.82) is 5.26 Å². The van der Waals surface area contributed by atoms with E-state index >= 15 is 0 Å². The fourth-order valence-electron chi connectivity index (χ4n) is 1.67. The average molecular weight is 197 g/mol. The van der Waals surface area contributed by atoms with E-state index in [2.05, 4.69) is 29.8 Å². The van der Waals surface area contributed by atoms with Crippen molar-refractivity contribution in [3.8, 4) is 6.07 Å². The Kier molecular flexibility index (Phi) is 4.88. The summed E-state index contributed by atoms with van der Waals surface area (Å²) in [5.41, 5.74) is 0. The average Bonchev–Trinajstić information content (AvgIpc) is 2.17. The molecule has 0 aromatic carbocycles. The molecular weight excluding hydrogens is 178 g/mol. The van der Waals surface area contributed by atoms with Gasteiger partial charge in [-0.25, -0.2) is 0 Å². The number of likely N-dealkylation sites (N-methyl/N-ethyl adjacent to an activating group) is 2. The Morgan fingerprint density at radius 1 is 1.64 bits per heavy atom. The second kappa shape index (κ2) is 5.97. The predicted octanol–water partition coefficient (Wildman–Crippen LogP) is 0.162. The molecule has 4 heteroatoms. The molecule has 1 atom stereocenters. The first-order valence-corrected chi connectivity index (χ1v) is 5.15. The number of hydrogen-bond acceptors (Lipinski definition) is 4. The minimum Gasteiger partial charge on any atom is -0.374 e. The maximum absolute atomic E-state index is 8.61. The normalized spacial score (nSPS) is 23.7. The Bertz CT molecular complexity index is 202. The Hall–Kier alpha value is -0.630. The second-order valence-electron chi connectivity index (χ2n) is 3.74. The van der Waals surface area contributed by atoms with Crippen LogP contribution in [0.4, 0.5) is 0 Å². The summed E-state index contributed by atoms with van der Waals surface area (Å²) in [6, 6.07) is 2.18. The Morgan fingerprint density at radius 2 is 2.43 bits per heavy atom. The molecule has 0 saturated carbocycles. The van der Waals surface area contributed by atoms with Gasteiger partial charge >= 0.3 is 0 Å². The molecule has 1 aliphatic rings. The van der Waals surface area contributed by atoms with Crippen LogP contribution in [0.1, 0.15) is 6.92 Å². The quantitative estimate of drug-likeness (QED) is 0.602. The van der Waals surface area contributed by atoms with Gasteiger partial charge in [-0.1, -0.05) is 6.92 Å². The Balaban J connectivity index is 2.30. The first-order valence-electron chi connectivity index (χ1n) is 5.15. The van der Waals surface area contributed by atoms with Gasteiger partial charge in [-0.05, 0) is 13.6 Å². The van der Waals surface area contributed by atoms with E-state index in [0.717, 1.165) is 32.8 Å². The lowest BCUT2D eigenvalue weighted by molar-refractivity contribution is -0.0334. The van der Waals surface area contributed by atoms with Gasteiger partial charge in [0.2, 0.25) is 0 Å². The summed E-state index contributed by atoms with van der Waals surface area (Å²) < 4.78 is 5.63. The summed E-state index contributed by atoms with van der Waals surface area (Å²) in [5.74, 6) is 0.